The summed E-state index contributed by atoms with van der Waals surface area (Å²) in [6, 6.07) is 17.6. The molecule has 0 spiro atoms. The van der Waals surface area contributed by atoms with Crippen LogP contribution in [0.4, 0.5) is 28.0 Å². The Labute approximate surface area is 363 Å². The van der Waals surface area contributed by atoms with Crippen molar-refractivity contribution in [3.8, 4) is 22.5 Å². The molecule has 14 nitrogen and oxygen atoms in total. The molecule has 1 aliphatic carbocycles. The standard InChI is InChI=1S/C45H54F4N8O6/c1-25(2)52-38(59)32-18-21-34(26(3)22-32)29-12-8-27(9-13-29)23-35(54-37(58)31-14-10-28(11-15-31)24-51-42(62)63-43(4,5)6)39(60)53-33-19-16-30(17-20-33)36-55-40(57-56-36)44(46,47)45(48,49)41(61)50-7/h8-9,12-13,16-22,25,28,31,35H,10-11,14-15,23-24H2,1-7H3,(H,50,61)(H,51,62)(H,52,59)(H,53,60)(H,54,58)(H,55,56,57)/t28-,31-,35-/m0/s1. The van der Waals surface area contributed by atoms with Gasteiger partial charge >= 0.3 is 17.9 Å². The van der Waals surface area contributed by atoms with Crippen LogP contribution in [0.25, 0.3) is 22.5 Å². The number of aromatic amines is 1. The maximum Gasteiger partial charge on any atom is 0.407 e. The first-order chi connectivity index (χ1) is 29.6. The number of halogens is 4. The molecular formula is C45H54F4N8O6. The van der Waals surface area contributed by atoms with Crippen LogP contribution in [0.2, 0.25) is 0 Å². The van der Waals surface area contributed by atoms with Crippen LogP contribution in [0.15, 0.2) is 66.7 Å². The molecular weight excluding hydrogens is 825 g/mol. The smallest absolute Gasteiger partial charge is 0.407 e. The topological polar surface area (TPSA) is 196 Å². The molecule has 0 bridgehead atoms. The van der Waals surface area contributed by atoms with Crippen LogP contribution in [-0.4, -0.2) is 82.1 Å². The molecule has 1 heterocycles. The van der Waals surface area contributed by atoms with Gasteiger partial charge in [-0.15, -0.1) is 10.2 Å². The summed E-state index contributed by atoms with van der Waals surface area (Å²) < 4.78 is 62.9. The van der Waals surface area contributed by atoms with E-state index < -0.39 is 47.2 Å². The van der Waals surface area contributed by atoms with Crippen molar-refractivity contribution < 1.29 is 46.3 Å². The lowest BCUT2D eigenvalue weighted by Gasteiger charge is -2.29. The number of hydrogen-bond acceptors (Lipinski definition) is 8. The highest BCUT2D eigenvalue weighted by atomic mass is 19.3. The number of amides is 5. The van der Waals surface area contributed by atoms with Gasteiger partial charge in [-0.1, -0.05) is 30.3 Å². The van der Waals surface area contributed by atoms with Crippen molar-refractivity contribution in [3.05, 3.63) is 89.2 Å². The number of ether oxygens (including phenoxy) is 1. The number of aryl methyl sites for hydroxylation is 1. The highest BCUT2D eigenvalue weighted by Gasteiger charge is 2.65. The summed E-state index contributed by atoms with van der Waals surface area (Å²) in [5.41, 5.74) is 3.81. The summed E-state index contributed by atoms with van der Waals surface area (Å²) in [6.07, 6.45) is 2.08. The fourth-order valence-corrected chi connectivity index (χ4v) is 7.12. The maximum atomic E-state index is 14.6. The zero-order valence-electron chi connectivity index (χ0n) is 36.3. The second-order valence-electron chi connectivity index (χ2n) is 17.0. The molecule has 0 radical (unpaired) electrons. The number of rotatable bonds is 15. The molecule has 1 aromatic heterocycles. The number of H-pyrrole nitrogens is 1. The summed E-state index contributed by atoms with van der Waals surface area (Å²) in [5.74, 6) is -15.3. The number of alkyl halides is 4. The molecule has 0 unspecified atom stereocenters. The monoisotopic (exact) mass is 878 g/mol. The Balaban J connectivity index is 1.29. The van der Waals surface area contributed by atoms with Crippen molar-refractivity contribution in [3.63, 3.8) is 0 Å². The van der Waals surface area contributed by atoms with Crippen LogP contribution in [0.1, 0.15) is 87.6 Å². The summed E-state index contributed by atoms with van der Waals surface area (Å²) in [7, 11) is 0.800. The van der Waals surface area contributed by atoms with Gasteiger partial charge in [-0.2, -0.15) is 17.6 Å². The molecule has 5 amide bonds. The summed E-state index contributed by atoms with van der Waals surface area (Å²) in [4.78, 5) is 65.9. The molecule has 1 saturated carbocycles. The average molecular weight is 879 g/mol. The van der Waals surface area contributed by atoms with Gasteiger partial charge in [0.15, 0.2) is 5.82 Å². The molecule has 1 aliphatic rings. The predicted octanol–water partition coefficient (Wildman–Crippen LogP) is 7.06. The van der Waals surface area contributed by atoms with Crippen molar-refractivity contribution in [2.75, 3.05) is 18.9 Å². The van der Waals surface area contributed by atoms with Gasteiger partial charge in [-0.3, -0.25) is 19.2 Å². The Kier molecular flexibility index (Phi) is 15.0. The molecule has 18 heteroatoms. The summed E-state index contributed by atoms with van der Waals surface area (Å²) in [5, 5.41) is 19.7. The molecule has 338 valence electrons. The van der Waals surface area contributed by atoms with E-state index >= 15 is 0 Å². The van der Waals surface area contributed by atoms with Gasteiger partial charge in [-0.25, -0.2) is 4.79 Å². The minimum Gasteiger partial charge on any atom is -0.444 e. The maximum absolute atomic E-state index is 14.6. The second kappa shape index (κ2) is 19.8. The zero-order chi connectivity index (χ0) is 46.3. The van der Waals surface area contributed by atoms with Crippen LogP contribution in [0.5, 0.6) is 0 Å². The number of alkyl carbamates (subject to hydrolysis) is 1. The molecule has 3 aromatic carbocycles. The fourth-order valence-electron chi connectivity index (χ4n) is 7.12. The largest absolute Gasteiger partial charge is 0.444 e. The molecule has 6 N–H and O–H groups in total. The number of hydrogen-bond donors (Lipinski definition) is 6. The van der Waals surface area contributed by atoms with Gasteiger partial charge in [-0.05, 0) is 132 Å². The van der Waals surface area contributed by atoms with Gasteiger partial charge in [0.2, 0.25) is 17.6 Å². The first-order valence-electron chi connectivity index (χ1n) is 20.7. The number of anilines is 1. The van der Waals surface area contributed by atoms with Gasteiger partial charge in [0.05, 0.1) is 0 Å². The van der Waals surface area contributed by atoms with E-state index in [-0.39, 0.29) is 53.2 Å². The average Bonchev–Trinajstić information content (AvgIpc) is 3.74. The number of nitrogens with one attached hydrogen (secondary N) is 6. The van der Waals surface area contributed by atoms with Gasteiger partial charge < -0.3 is 36.3 Å². The van der Waals surface area contributed by atoms with E-state index in [1.165, 1.54) is 29.6 Å². The Morgan fingerprint density at radius 2 is 1.48 bits per heavy atom. The van der Waals surface area contributed by atoms with E-state index in [0.717, 1.165) is 29.3 Å². The van der Waals surface area contributed by atoms with Gasteiger partial charge in [0.25, 0.3) is 11.8 Å². The van der Waals surface area contributed by atoms with E-state index in [0.29, 0.717) is 37.8 Å². The van der Waals surface area contributed by atoms with Crippen molar-refractivity contribution in [1.82, 2.24) is 36.4 Å². The van der Waals surface area contributed by atoms with Crippen LogP contribution in [0.3, 0.4) is 0 Å². The van der Waals surface area contributed by atoms with Gasteiger partial charge in [0, 0.05) is 48.8 Å². The Hall–Kier alpha value is -6.33. The third-order valence-electron chi connectivity index (χ3n) is 10.5. The van der Waals surface area contributed by atoms with Crippen LogP contribution >= 0.6 is 0 Å². The minimum absolute atomic E-state index is 0.00765. The SMILES string of the molecule is CNC(=O)C(F)(F)C(F)(F)c1nnc(-c2ccc(NC(=O)[C@H](Cc3ccc(-c4ccc(C(=O)NC(C)C)cc4C)cc3)NC(=O)[C@H]3CC[C@H](CNC(=O)OC(C)(C)C)CC3)cc2)[nH]1. The molecule has 63 heavy (non-hydrogen) atoms. The van der Waals surface area contributed by atoms with Crippen LogP contribution < -0.4 is 26.6 Å². The predicted molar refractivity (Wildman–Crippen MR) is 228 cm³/mol. The number of aromatic nitrogens is 3. The van der Waals surface area contributed by atoms with E-state index in [4.69, 9.17) is 4.74 Å². The quantitative estimate of drug-likeness (QED) is 0.0683. The third kappa shape index (κ3) is 12.2. The number of nitrogens with zero attached hydrogens (tertiary/aromatic N) is 2. The van der Waals surface area contributed by atoms with Crippen molar-refractivity contribution in [2.24, 2.45) is 11.8 Å². The first kappa shape index (κ1) is 47.7. The molecule has 0 saturated heterocycles. The first-order valence-corrected chi connectivity index (χ1v) is 20.7. The highest BCUT2D eigenvalue weighted by Crippen LogP contribution is 2.42. The van der Waals surface area contributed by atoms with Crippen molar-refractivity contribution in [2.45, 2.75) is 103 Å². The lowest BCUT2D eigenvalue weighted by Crippen LogP contribution is -2.50. The van der Waals surface area contributed by atoms with E-state index in [1.54, 1.807) is 26.8 Å². The number of carbonyl (C=O) groups excluding carboxylic acids is 5. The third-order valence-corrected chi connectivity index (χ3v) is 10.5. The lowest BCUT2D eigenvalue weighted by molar-refractivity contribution is -0.218. The molecule has 1 fully saturated rings. The van der Waals surface area contributed by atoms with E-state index in [9.17, 15) is 41.5 Å². The second-order valence-corrected chi connectivity index (χ2v) is 17.0. The fraction of sp³-hybridized carbons (Fsp3) is 0.444. The Bertz CT molecular complexity index is 2270. The number of carbonyl (C=O) groups is 5. The van der Waals surface area contributed by atoms with E-state index in [1.807, 2.05) is 57.2 Å². The Morgan fingerprint density at radius 3 is 2.06 bits per heavy atom. The molecule has 5 rings (SSSR count). The van der Waals surface area contributed by atoms with Crippen LogP contribution in [0, 0.1) is 18.8 Å². The number of benzene rings is 3. The summed E-state index contributed by atoms with van der Waals surface area (Å²) in [6.45, 7) is 11.5. The van der Waals surface area contributed by atoms with Crippen molar-refractivity contribution in [1.29, 1.82) is 0 Å². The normalized spacial score (nSPS) is 16.1. The van der Waals surface area contributed by atoms with E-state index in [2.05, 4.69) is 36.4 Å². The minimum atomic E-state index is -5.11. The van der Waals surface area contributed by atoms with Crippen molar-refractivity contribution >= 4 is 35.4 Å². The molecule has 0 aliphatic heterocycles. The lowest BCUT2D eigenvalue weighted by atomic mass is 9.81. The summed E-state index contributed by atoms with van der Waals surface area (Å²) >= 11 is 0. The van der Waals surface area contributed by atoms with Crippen LogP contribution in [-0.2, 0) is 31.5 Å². The molecule has 1 atom stereocenters. The Morgan fingerprint density at radius 1 is 0.841 bits per heavy atom. The highest BCUT2D eigenvalue weighted by molar-refractivity contribution is 5.98. The zero-order valence-corrected chi connectivity index (χ0v) is 36.3. The molecule has 4 aromatic rings. The van der Waals surface area contributed by atoms with Gasteiger partial charge in [0.1, 0.15) is 11.6 Å².